The van der Waals surface area contributed by atoms with Crippen LogP contribution in [0.25, 0.3) is 0 Å². The monoisotopic (exact) mass is 413 g/mol. The number of thioether (sulfide) groups is 1. The van der Waals surface area contributed by atoms with Crippen LogP contribution in [0.4, 0.5) is 4.79 Å². The molecule has 1 aromatic rings. The van der Waals surface area contributed by atoms with Crippen LogP contribution in [0.5, 0.6) is 0 Å². The van der Waals surface area contributed by atoms with Crippen LogP contribution in [-0.2, 0) is 0 Å². The first-order chi connectivity index (χ1) is 11.4. The van der Waals surface area contributed by atoms with Gasteiger partial charge in [-0.3, -0.25) is 0 Å². The molecule has 1 saturated heterocycles. The van der Waals surface area contributed by atoms with Crippen molar-refractivity contribution in [2.24, 2.45) is 0 Å². The summed E-state index contributed by atoms with van der Waals surface area (Å²) in [5, 5.41) is 6.57. The van der Waals surface area contributed by atoms with Gasteiger partial charge in [0.05, 0.1) is 0 Å². The fourth-order valence-electron chi connectivity index (χ4n) is 2.80. The standard InChI is InChI=1S/C18H28BrN3OS/c1-4-20-17(23)22-11-9-15(10-12-22)21-13-18(2,3)24-16-7-5-14(19)6-8-16/h5-8,15,21H,4,9-13H2,1-3H3,(H,20,23). The minimum Gasteiger partial charge on any atom is -0.338 e. The van der Waals surface area contributed by atoms with Gasteiger partial charge in [-0.05, 0) is 57.9 Å². The molecule has 0 spiro atoms. The van der Waals surface area contributed by atoms with Crippen molar-refractivity contribution in [3.8, 4) is 0 Å². The molecule has 4 nitrogen and oxygen atoms in total. The smallest absolute Gasteiger partial charge is 0.317 e. The van der Waals surface area contributed by atoms with Crippen molar-refractivity contribution >= 4 is 33.7 Å². The summed E-state index contributed by atoms with van der Waals surface area (Å²) < 4.78 is 1.24. The van der Waals surface area contributed by atoms with Crippen LogP contribution in [-0.4, -0.2) is 47.9 Å². The number of nitrogens with one attached hydrogen (secondary N) is 2. The summed E-state index contributed by atoms with van der Waals surface area (Å²) in [5.74, 6) is 0. The molecule has 0 saturated carbocycles. The summed E-state index contributed by atoms with van der Waals surface area (Å²) in [6, 6.07) is 9.05. The zero-order valence-electron chi connectivity index (χ0n) is 14.8. The van der Waals surface area contributed by atoms with Crippen LogP contribution in [0.15, 0.2) is 33.6 Å². The predicted molar refractivity (Wildman–Crippen MR) is 106 cm³/mol. The lowest BCUT2D eigenvalue weighted by molar-refractivity contribution is 0.176. The summed E-state index contributed by atoms with van der Waals surface area (Å²) in [4.78, 5) is 15.0. The molecule has 2 amide bonds. The number of hydrogen-bond acceptors (Lipinski definition) is 3. The van der Waals surface area contributed by atoms with Gasteiger partial charge in [-0.25, -0.2) is 4.79 Å². The van der Waals surface area contributed by atoms with E-state index in [2.05, 4.69) is 64.7 Å². The van der Waals surface area contributed by atoms with E-state index < -0.39 is 0 Å². The lowest BCUT2D eigenvalue weighted by Gasteiger charge is -2.34. The first-order valence-corrected chi connectivity index (χ1v) is 10.2. The maximum absolute atomic E-state index is 11.8. The Kier molecular flexibility index (Phi) is 7.44. The normalized spacial score (nSPS) is 16.2. The highest BCUT2D eigenvalue weighted by Gasteiger charge is 2.25. The van der Waals surface area contributed by atoms with E-state index in [-0.39, 0.29) is 10.8 Å². The van der Waals surface area contributed by atoms with Gasteiger partial charge in [0, 0.05) is 46.3 Å². The van der Waals surface area contributed by atoms with Crippen molar-refractivity contribution in [1.82, 2.24) is 15.5 Å². The Bertz CT molecular complexity index is 528. The second kappa shape index (κ2) is 9.11. The molecule has 6 heteroatoms. The fourth-order valence-corrected chi connectivity index (χ4v) is 4.13. The highest BCUT2D eigenvalue weighted by molar-refractivity contribution is 9.10. The molecule has 0 atom stereocenters. The Morgan fingerprint density at radius 1 is 1.29 bits per heavy atom. The third kappa shape index (κ3) is 6.30. The number of nitrogens with zero attached hydrogens (tertiary/aromatic N) is 1. The second-order valence-corrected chi connectivity index (χ2v) is 9.49. The maximum Gasteiger partial charge on any atom is 0.317 e. The molecule has 1 aliphatic rings. The Balaban J connectivity index is 1.74. The van der Waals surface area contributed by atoms with Crippen LogP contribution < -0.4 is 10.6 Å². The first kappa shape index (κ1) is 19.6. The van der Waals surface area contributed by atoms with Gasteiger partial charge in [-0.2, -0.15) is 0 Å². The van der Waals surface area contributed by atoms with E-state index >= 15 is 0 Å². The summed E-state index contributed by atoms with van der Waals surface area (Å²) >= 11 is 5.38. The van der Waals surface area contributed by atoms with Crippen molar-refractivity contribution in [1.29, 1.82) is 0 Å². The molecular formula is C18H28BrN3OS. The van der Waals surface area contributed by atoms with Gasteiger partial charge < -0.3 is 15.5 Å². The zero-order chi connectivity index (χ0) is 17.6. The van der Waals surface area contributed by atoms with Gasteiger partial charge in [-0.1, -0.05) is 15.9 Å². The van der Waals surface area contributed by atoms with Crippen LogP contribution in [0.2, 0.25) is 0 Å². The molecule has 24 heavy (non-hydrogen) atoms. The minimum atomic E-state index is 0.0714. The first-order valence-electron chi connectivity index (χ1n) is 8.60. The van der Waals surface area contributed by atoms with Crippen molar-refractivity contribution in [2.75, 3.05) is 26.2 Å². The lowest BCUT2D eigenvalue weighted by Crippen LogP contribution is -2.49. The molecule has 2 N–H and O–H groups in total. The number of halogens is 1. The molecule has 134 valence electrons. The summed E-state index contributed by atoms with van der Waals surface area (Å²) in [5.41, 5.74) is 0. The number of carbonyl (C=O) groups is 1. The molecule has 0 aliphatic carbocycles. The van der Waals surface area contributed by atoms with E-state index in [1.54, 1.807) is 0 Å². The van der Waals surface area contributed by atoms with Crippen LogP contribution >= 0.6 is 27.7 Å². The number of amides is 2. The molecule has 1 heterocycles. The average molecular weight is 414 g/mol. The van der Waals surface area contributed by atoms with E-state index in [9.17, 15) is 4.79 Å². The highest BCUT2D eigenvalue weighted by Crippen LogP contribution is 2.32. The molecule has 0 unspecified atom stereocenters. The number of rotatable bonds is 6. The molecule has 1 aromatic carbocycles. The highest BCUT2D eigenvalue weighted by atomic mass is 79.9. The van der Waals surface area contributed by atoms with Crippen molar-refractivity contribution in [3.63, 3.8) is 0 Å². The molecule has 1 aliphatic heterocycles. The van der Waals surface area contributed by atoms with Gasteiger partial charge in [0.15, 0.2) is 0 Å². The molecule has 0 aromatic heterocycles. The summed E-state index contributed by atoms with van der Waals surface area (Å²) in [6.07, 6.45) is 2.05. The molecule has 2 rings (SSSR count). The van der Waals surface area contributed by atoms with E-state index in [1.165, 1.54) is 4.90 Å². The third-order valence-corrected chi connectivity index (χ3v) is 5.87. The SMILES string of the molecule is CCNC(=O)N1CCC(NCC(C)(C)Sc2ccc(Br)cc2)CC1. The molecule has 0 bridgehead atoms. The van der Waals surface area contributed by atoms with Gasteiger partial charge in [0.2, 0.25) is 0 Å². The Morgan fingerprint density at radius 3 is 2.50 bits per heavy atom. The van der Waals surface area contributed by atoms with E-state index in [0.29, 0.717) is 12.6 Å². The van der Waals surface area contributed by atoms with Crippen LogP contribution in [0.1, 0.15) is 33.6 Å². The number of carbonyl (C=O) groups excluding carboxylic acids is 1. The quantitative estimate of drug-likeness (QED) is 0.689. The number of likely N-dealkylation sites (tertiary alicyclic amines) is 1. The van der Waals surface area contributed by atoms with Crippen LogP contribution in [0.3, 0.4) is 0 Å². The van der Waals surface area contributed by atoms with Crippen molar-refractivity contribution in [3.05, 3.63) is 28.7 Å². The van der Waals surface area contributed by atoms with Gasteiger partial charge in [-0.15, -0.1) is 11.8 Å². The Hall–Kier alpha value is -0.720. The Labute approximate surface area is 158 Å². The fraction of sp³-hybridized carbons (Fsp3) is 0.611. The predicted octanol–water partition coefficient (Wildman–Crippen LogP) is 4.10. The van der Waals surface area contributed by atoms with Crippen molar-refractivity contribution in [2.45, 2.75) is 49.3 Å². The molecule has 0 radical (unpaired) electrons. The number of urea groups is 1. The van der Waals surface area contributed by atoms with Crippen LogP contribution in [0, 0.1) is 0 Å². The number of piperidine rings is 1. The minimum absolute atomic E-state index is 0.0714. The van der Waals surface area contributed by atoms with Gasteiger partial charge in [0.1, 0.15) is 0 Å². The molecular weight excluding hydrogens is 386 g/mol. The molecule has 1 fully saturated rings. The van der Waals surface area contributed by atoms with E-state index in [0.717, 1.165) is 36.9 Å². The lowest BCUT2D eigenvalue weighted by atomic mass is 10.0. The number of hydrogen-bond donors (Lipinski definition) is 2. The van der Waals surface area contributed by atoms with Crippen molar-refractivity contribution < 1.29 is 4.79 Å². The maximum atomic E-state index is 11.8. The second-order valence-electron chi connectivity index (χ2n) is 6.79. The van der Waals surface area contributed by atoms with Gasteiger partial charge in [0.25, 0.3) is 0 Å². The van der Waals surface area contributed by atoms with E-state index in [1.807, 2.05) is 23.6 Å². The zero-order valence-corrected chi connectivity index (χ0v) is 17.2. The van der Waals surface area contributed by atoms with Gasteiger partial charge >= 0.3 is 6.03 Å². The third-order valence-electron chi connectivity index (χ3n) is 4.13. The van der Waals surface area contributed by atoms with E-state index in [4.69, 9.17) is 0 Å². The average Bonchev–Trinajstić information content (AvgIpc) is 2.56. The largest absolute Gasteiger partial charge is 0.338 e. The number of benzene rings is 1. The summed E-state index contributed by atoms with van der Waals surface area (Å²) in [7, 11) is 0. The topological polar surface area (TPSA) is 44.4 Å². The Morgan fingerprint density at radius 2 is 1.92 bits per heavy atom. The summed E-state index contributed by atoms with van der Waals surface area (Å²) in [6.45, 7) is 9.83.